The zero-order chi connectivity index (χ0) is 13.6. The van der Waals surface area contributed by atoms with Gasteiger partial charge in [0.1, 0.15) is 0 Å². The molecule has 108 valence electrons. The van der Waals surface area contributed by atoms with Crippen molar-refractivity contribution in [3.05, 3.63) is 0 Å². The van der Waals surface area contributed by atoms with E-state index in [1.165, 1.54) is 38.1 Å². The van der Waals surface area contributed by atoms with E-state index in [-0.39, 0.29) is 5.54 Å². The molecule has 2 atom stereocenters. The first-order valence-electron chi connectivity index (χ1n) is 7.51. The zero-order valence-electron chi connectivity index (χ0n) is 13.0. The van der Waals surface area contributed by atoms with Gasteiger partial charge >= 0.3 is 0 Å². The molecule has 1 aliphatic heterocycles. The van der Waals surface area contributed by atoms with Crippen LogP contribution in [0.25, 0.3) is 0 Å². The van der Waals surface area contributed by atoms with Crippen molar-refractivity contribution >= 4 is 11.8 Å². The van der Waals surface area contributed by atoms with Gasteiger partial charge in [0.25, 0.3) is 0 Å². The Morgan fingerprint density at radius 1 is 1.17 bits per heavy atom. The molecular formula is C15H32N2S. The second-order valence-corrected chi connectivity index (χ2v) is 8.08. The predicted octanol–water partition coefficient (Wildman–Crippen LogP) is 3.37. The molecule has 1 N–H and O–H groups in total. The molecule has 0 aliphatic carbocycles. The SMILES string of the molecule is CC1SCCN(CCCCCNC(C)(C)C)C1C. The summed E-state index contributed by atoms with van der Waals surface area (Å²) in [5.41, 5.74) is 0.272. The Bertz CT molecular complexity index is 225. The maximum atomic E-state index is 3.56. The molecule has 18 heavy (non-hydrogen) atoms. The van der Waals surface area contributed by atoms with Crippen molar-refractivity contribution in [1.29, 1.82) is 0 Å². The molecule has 1 heterocycles. The fraction of sp³-hybridized carbons (Fsp3) is 1.00. The van der Waals surface area contributed by atoms with Crippen molar-refractivity contribution in [2.45, 2.75) is 70.7 Å². The summed E-state index contributed by atoms with van der Waals surface area (Å²) < 4.78 is 0. The van der Waals surface area contributed by atoms with Gasteiger partial charge in [-0.3, -0.25) is 4.90 Å². The lowest BCUT2D eigenvalue weighted by molar-refractivity contribution is 0.208. The molecule has 2 nitrogen and oxygen atoms in total. The minimum atomic E-state index is 0.272. The van der Waals surface area contributed by atoms with E-state index >= 15 is 0 Å². The molecule has 1 aliphatic rings. The molecule has 0 aromatic rings. The standard InChI is InChI=1S/C15H32N2S/c1-13-14(2)18-12-11-17(13)10-8-6-7-9-16-15(3,4)5/h13-14,16H,6-12H2,1-5H3. The van der Waals surface area contributed by atoms with Crippen molar-refractivity contribution < 1.29 is 0 Å². The molecule has 3 heteroatoms. The van der Waals surface area contributed by atoms with Gasteiger partial charge in [-0.1, -0.05) is 13.3 Å². The molecule has 0 radical (unpaired) electrons. The summed E-state index contributed by atoms with van der Waals surface area (Å²) >= 11 is 2.13. The highest BCUT2D eigenvalue weighted by atomic mass is 32.2. The molecule has 1 fully saturated rings. The van der Waals surface area contributed by atoms with E-state index < -0.39 is 0 Å². The maximum absolute atomic E-state index is 3.56. The molecule has 2 unspecified atom stereocenters. The monoisotopic (exact) mass is 272 g/mol. The lowest BCUT2D eigenvalue weighted by Gasteiger charge is -2.37. The van der Waals surface area contributed by atoms with Gasteiger partial charge in [0.2, 0.25) is 0 Å². The van der Waals surface area contributed by atoms with Crippen LogP contribution in [-0.2, 0) is 0 Å². The molecule has 1 rings (SSSR count). The van der Waals surface area contributed by atoms with E-state index in [4.69, 9.17) is 0 Å². The maximum Gasteiger partial charge on any atom is 0.0184 e. The van der Waals surface area contributed by atoms with Crippen molar-refractivity contribution in [1.82, 2.24) is 10.2 Å². The number of thioether (sulfide) groups is 1. The Morgan fingerprint density at radius 2 is 1.89 bits per heavy atom. The van der Waals surface area contributed by atoms with Gasteiger partial charge in [-0.2, -0.15) is 11.8 Å². The van der Waals surface area contributed by atoms with E-state index in [1.54, 1.807) is 0 Å². The third kappa shape index (κ3) is 6.44. The van der Waals surface area contributed by atoms with E-state index in [2.05, 4.69) is 56.6 Å². The summed E-state index contributed by atoms with van der Waals surface area (Å²) in [5.74, 6) is 1.32. The average molecular weight is 273 g/mol. The second-order valence-electron chi connectivity index (χ2n) is 6.59. The summed E-state index contributed by atoms with van der Waals surface area (Å²) in [4.78, 5) is 2.68. The van der Waals surface area contributed by atoms with Crippen LogP contribution in [0.1, 0.15) is 53.9 Å². The number of nitrogens with zero attached hydrogens (tertiary/aromatic N) is 1. The highest BCUT2D eigenvalue weighted by molar-refractivity contribution is 8.00. The van der Waals surface area contributed by atoms with Crippen molar-refractivity contribution in [2.75, 3.05) is 25.4 Å². The Labute approximate surface area is 118 Å². The van der Waals surface area contributed by atoms with Crippen LogP contribution in [0.4, 0.5) is 0 Å². The first-order valence-corrected chi connectivity index (χ1v) is 8.56. The molecule has 0 spiro atoms. The number of nitrogens with one attached hydrogen (secondary N) is 1. The van der Waals surface area contributed by atoms with E-state index in [9.17, 15) is 0 Å². The van der Waals surface area contributed by atoms with Gasteiger partial charge in [-0.15, -0.1) is 0 Å². The van der Waals surface area contributed by atoms with Gasteiger partial charge in [-0.25, -0.2) is 0 Å². The lowest BCUT2D eigenvalue weighted by Crippen LogP contribution is -2.44. The van der Waals surface area contributed by atoms with Gasteiger partial charge in [0, 0.05) is 29.1 Å². The summed E-state index contributed by atoms with van der Waals surface area (Å²) in [7, 11) is 0. The molecular weight excluding hydrogens is 240 g/mol. The number of hydrogen-bond donors (Lipinski definition) is 1. The summed E-state index contributed by atoms with van der Waals surface area (Å²) in [6, 6.07) is 0.761. The normalized spacial score (nSPS) is 26.5. The Kier molecular flexibility index (Phi) is 7.04. The van der Waals surface area contributed by atoms with Gasteiger partial charge in [-0.05, 0) is 53.6 Å². The predicted molar refractivity (Wildman–Crippen MR) is 84.6 cm³/mol. The smallest absolute Gasteiger partial charge is 0.0184 e. The summed E-state index contributed by atoms with van der Waals surface area (Å²) in [5, 5.41) is 4.37. The molecule has 0 amide bonds. The molecule has 1 saturated heterocycles. The van der Waals surface area contributed by atoms with Gasteiger partial charge in [0.05, 0.1) is 0 Å². The van der Waals surface area contributed by atoms with Crippen LogP contribution < -0.4 is 5.32 Å². The first-order chi connectivity index (χ1) is 8.40. The number of unbranched alkanes of at least 4 members (excludes halogenated alkanes) is 2. The van der Waals surface area contributed by atoms with Crippen LogP contribution in [0.2, 0.25) is 0 Å². The van der Waals surface area contributed by atoms with Crippen molar-refractivity contribution in [2.24, 2.45) is 0 Å². The van der Waals surface area contributed by atoms with Gasteiger partial charge < -0.3 is 5.32 Å². The Hall–Kier alpha value is 0.270. The van der Waals surface area contributed by atoms with Crippen LogP contribution >= 0.6 is 11.8 Å². The average Bonchev–Trinajstić information content (AvgIpc) is 2.27. The highest BCUT2D eigenvalue weighted by Crippen LogP contribution is 2.24. The molecule has 0 saturated carbocycles. The Morgan fingerprint density at radius 3 is 2.56 bits per heavy atom. The van der Waals surface area contributed by atoms with Gasteiger partial charge in [0.15, 0.2) is 0 Å². The molecule has 0 aromatic heterocycles. The first kappa shape index (κ1) is 16.3. The number of hydrogen-bond acceptors (Lipinski definition) is 3. The topological polar surface area (TPSA) is 15.3 Å². The van der Waals surface area contributed by atoms with Crippen LogP contribution in [0, 0.1) is 0 Å². The quantitative estimate of drug-likeness (QED) is 0.746. The minimum Gasteiger partial charge on any atom is -0.312 e. The lowest BCUT2D eigenvalue weighted by atomic mass is 10.1. The zero-order valence-corrected chi connectivity index (χ0v) is 13.8. The highest BCUT2D eigenvalue weighted by Gasteiger charge is 2.24. The van der Waals surface area contributed by atoms with Crippen LogP contribution in [0.15, 0.2) is 0 Å². The van der Waals surface area contributed by atoms with E-state index in [1.807, 2.05) is 0 Å². The third-order valence-electron chi connectivity index (χ3n) is 3.79. The van der Waals surface area contributed by atoms with E-state index in [0.717, 1.165) is 17.8 Å². The second kappa shape index (κ2) is 7.76. The fourth-order valence-corrected chi connectivity index (χ4v) is 3.55. The minimum absolute atomic E-state index is 0.272. The van der Waals surface area contributed by atoms with Crippen LogP contribution in [0.3, 0.4) is 0 Å². The third-order valence-corrected chi connectivity index (χ3v) is 5.13. The van der Waals surface area contributed by atoms with Crippen LogP contribution in [0.5, 0.6) is 0 Å². The summed E-state index contributed by atoms with van der Waals surface area (Å²) in [6.45, 7) is 15.2. The van der Waals surface area contributed by atoms with Crippen molar-refractivity contribution in [3.63, 3.8) is 0 Å². The number of rotatable bonds is 6. The molecule has 0 bridgehead atoms. The van der Waals surface area contributed by atoms with Crippen LogP contribution in [-0.4, -0.2) is 47.1 Å². The molecule has 0 aromatic carbocycles. The summed E-state index contributed by atoms with van der Waals surface area (Å²) in [6.07, 6.45) is 4.02. The largest absolute Gasteiger partial charge is 0.312 e. The van der Waals surface area contributed by atoms with Crippen molar-refractivity contribution in [3.8, 4) is 0 Å². The van der Waals surface area contributed by atoms with E-state index in [0.29, 0.717) is 0 Å². The Balaban J connectivity index is 2.04. The fourth-order valence-electron chi connectivity index (χ4n) is 2.39.